The lowest BCUT2D eigenvalue weighted by Crippen LogP contribution is -2.11. The molecule has 0 amide bonds. The molecule has 0 N–H and O–H groups in total. The molecular formula is C8H4BrF2NO2S2. The van der Waals surface area contributed by atoms with Crippen molar-refractivity contribution >= 4 is 47.3 Å². The van der Waals surface area contributed by atoms with Gasteiger partial charge in [-0.3, -0.25) is 0 Å². The molecule has 3 nitrogen and oxygen atoms in total. The van der Waals surface area contributed by atoms with Gasteiger partial charge in [-0.15, -0.1) is 11.3 Å². The first-order valence-corrected chi connectivity index (χ1v) is 7.15. The van der Waals surface area contributed by atoms with Crippen LogP contribution in [0.1, 0.15) is 0 Å². The van der Waals surface area contributed by atoms with Crippen molar-refractivity contribution in [3.63, 3.8) is 0 Å². The molecule has 1 aromatic heterocycles. The number of aromatic nitrogens is 1. The summed E-state index contributed by atoms with van der Waals surface area (Å²) in [7, 11) is -4.54. The lowest BCUT2D eigenvalue weighted by molar-refractivity contribution is 0.235. The van der Waals surface area contributed by atoms with Crippen molar-refractivity contribution in [2.24, 2.45) is 0 Å². The number of rotatable bonds is 2. The largest absolute Gasteiger partial charge is 0.341 e. The summed E-state index contributed by atoms with van der Waals surface area (Å²) in [6.07, 6.45) is 0. The number of hydrogen-bond donors (Lipinski definition) is 0. The summed E-state index contributed by atoms with van der Waals surface area (Å²) in [6.45, 7) is 0. The summed E-state index contributed by atoms with van der Waals surface area (Å²) >= 11 is 4.44. The van der Waals surface area contributed by atoms with Crippen LogP contribution in [0.15, 0.2) is 27.0 Å². The van der Waals surface area contributed by atoms with E-state index in [1.165, 1.54) is 17.4 Å². The van der Waals surface area contributed by atoms with Crippen LogP contribution in [-0.4, -0.2) is 19.2 Å². The van der Waals surface area contributed by atoms with Crippen LogP contribution in [0.5, 0.6) is 0 Å². The Morgan fingerprint density at radius 3 is 2.69 bits per heavy atom. The van der Waals surface area contributed by atoms with Crippen LogP contribution in [0.4, 0.5) is 8.78 Å². The average Bonchev–Trinajstić information content (AvgIpc) is 2.56. The van der Waals surface area contributed by atoms with Gasteiger partial charge in [-0.25, -0.2) is 13.4 Å². The van der Waals surface area contributed by atoms with Crippen LogP contribution in [0.2, 0.25) is 0 Å². The van der Waals surface area contributed by atoms with Crippen LogP contribution in [0, 0.1) is 0 Å². The van der Waals surface area contributed by atoms with Crippen LogP contribution in [-0.2, 0) is 9.84 Å². The molecule has 0 bridgehead atoms. The fraction of sp³-hybridized carbons (Fsp3) is 0.125. The van der Waals surface area contributed by atoms with E-state index < -0.39 is 20.5 Å². The Morgan fingerprint density at radius 1 is 1.38 bits per heavy atom. The molecule has 0 saturated heterocycles. The summed E-state index contributed by atoms with van der Waals surface area (Å²) in [4.78, 5) is 3.56. The second-order valence-electron chi connectivity index (χ2n) is 2.90. The first-order chi connectivity index (χ1) is 7.41. The van der Waals surface area contributed by atoms with Crippen molar-refractivity contribution in [3.8, 4) is 0 Å². The van der Waals surface area contributed by atoms with E-state index in [1.54, 1.807) is 0 Å². The van der Waals surface area contributed by atoms with Crippen molar-refractivity contribution in [2.75, 3.05) is 0 Å². The molecular weight excluding hydrogens is 324 g/mol. The highest BCUT2D eigenvalue weighted by Crippen LogP contribution is 2.29. The highest BCUT2D eigenvalue weighted by molar-refractivity contribution is 9.11. The zero-order chi connectivity index (χ0) is 11.9. The van der Waals surface area contributed by atoms with Gasteiger partial charge in [0, 0.05) is 0 Å². The molecule has 0 fully saturated rings. The van der Waals surface area contributed by atoms with E-state index in [-0.39, 0.29) is 0 Å². The second-order valence-corrected chi connectivity index (χ2v) is 7.13. The van der Waals surface area contributed by atoms with Gasteiger partial charge in [-0.05, 0) is 34.1 Å². The van der Waals surface area contributed by atoms with Crippen molar-refractivity contribution in [3.05, 3.63) is 22.1 Å². The van der Waals surface area contributed by atoms with E-state index in [1.807, 2.05) is 0 Å². The number of alkyl halides is 2. The summed E-state index contributed by atoms with van der Waals surface area (Å²) in [5, 5.41) is 0. The first kappa shape index (κ1) is 11.9. The van der Waals surface area contributed by atoms with Gasteiger partial charge in [0.05, 0.1) is 15.1 Å². The predicted molar refractivity (Wildman–Crippen MR) is 60.5 cm³/mol. The van der Waals surface area contributed by atoms with Gasteiger partial charge in [-0.1, -0.05) is 0 Å². The van der Waals surface area contributed by atoms with E-state index in [0.717, 1.165) is 16.8 Å². The maximum Gasteiger partial charge on any atom is 0.341 e. The van der Waals surface area contributed by atoms with Gasteiger partial charge < -0.3 is 0 Å². The third-order valence-electron chi connectivity index (χ3n) is 1.90. The molecule has 1 aromatic carbocycles. The average molecular weight is 328 g/mol. The van der Waals surface area contributed by atoms with Gasteiger partial charge in [0.1, 0.15) is 0 Å². The Bertz CT molecular complexity index is 639. The molecule has 8 heteroatoms. The minimum atomic E-state index is -4.54. The third kappa shape index (κ3) is 1.96. The van der Waals surface area contributed by atoms with Crippen LogP contribution in [0.3, 0.4) is 0 Å². The Balaban J connectivity index is 2.63. The minimum absolute atomic E-state index is 0.388. The number of benzene rings is 1. The van der Waals surface area contributed by atoms with Crippen molar-refractivity contribution < 1.29 is 17.2 Å². The Morgan fingerprint density at radius 2 is 2.06 bits per heavy atom. The fourth-order valence-corrected chi connectivity index (χ4v) is 3.28. The first-order valence-electron chi connectivity index (χ1n) is 3.99. The molecule has 0 aliphatic heterocycles. The highest BCUT2D eigenvalue weighted by atomic mass is 79.9. The Labute approximate surface area is 102 Å². The molecule has 0 aliphatic rings. The number of sulfone groups is 1. The summed E-state index contributed by atoms with van der Waals surface area (Å²) in [5.41, 5.74) is 0.388. The van der Waals surface area contributed by atoms with Gasteiger partial charge in [0.2, 0.25) is 9.84 Å². The van der Waals surface area contributed by atoms with Crippen molar-refractivity contribution in [1.82, 2.24) is 4.98 Å². The molecule has 0 saturated carbocycles. The van der Waals surface area contributed by atoms with E-state index >= 15 is 0 Å². The lowest BCUT2D eigenvalue weighted by atomic mass is 10.3. The zero-order valence-electron chi connectivity index (χ0n) is 7.52. The van der Waals surface area contributed by atoms with Gasteiger partial charge >= 0.3 is 5.76 Å². The highest BCUT2D eigenvalue weighted by Gasteiger charge is 2.26. The second kappa shape index (κ2) is 4.01. The number of fused-ring (bicyclic) bond motifs is 1. The maximum atomic E-state index is 12.3. The molecule has 0 unspecified atom stereocenters. The van der Waals surface area contributed by atoms with E-state index in [4.69, 9.17) is 0 Å². The molecule has 2 aromatic rings. The third-order valence-corrected chi connectivity index (χ3v) is 4.76. The monoisotopic (exact) mass is 327 g/mol. The molecule has 1 heterocycles. The summed E-state index contributed by atoms with van der Waals surface area (Å²) < 4.78 is 48.3. The normalized spacial score (nSPS) is 12.5. The minimum Gasteiger partial charge on any atom is -0.229 e. The van der Waals surface area contributed by atoms with Crippen molar-refractivity contribution in [1.29, 1.82) is 0 Å². The standard InChI is InChI=1S/C8H4BrF2NO2S2/c9-7-12-5-3-4(1-2-6(5)15-7)16(13,14)8(10)11/h1-3,8H. The molecule has 16 heavy (non-hydrogen) atoms. The lowest BCUT2D eigenvalue weighted by Gasteiger charge is -2.01. The van der Waals surface area contributed by atoms with Crippen LogP contribution < -0.4 is 0 Å². The Kier molecular flexibility index (Phi) is 2.97. The SMILES string of the molecule is O=S(=O)(c1ccc2sc(Br)nc2c1)C(F)F. The predicted octanol–water partition coefficient (Wildman–Crippen LogP) is 3.06. The zero-order valence-corrected chi connectivity index (χ0v) is 10.7. The van der Waals surface area contributed by atoms with E-state index in [2.05, 4.69) is 20.9 Å². The molecule has 0 spiro atoms. The van der Waals surface area contributed by atoms with E-state index in [0.29, 0.717) is 9.43 Å². The summed E-state index contributed by atoms with van der Waals surface area (Å²) in [6, 6.07) is 3.78. The number of hydrogen-bond acceptors (Lipinski definition) is 4. The Hall–Kier alpha value is -0.600. The smallest absolute Gasteiger partial charge is 0.229 e. The topological polar surface area (TPSA) is 47.0 Å². The fourth-order valence-electron chi connectivity index (χ4n) is 1.16. The maximum absolute atomic E-state index is 12.3. The number of thiazole rings is 1. The summed E-state index contributed by atoms with van der Waals surface area (Å²) in [5.74, 6) is -3.41. The van der Waals surface area contributed by atoms with Crippen molar-refractivity contribution in [2.45, 2.75) is 10.7 Å². The molecule has 2 rings (SSSR count). The van der Waals surface area contributed by atoms with Gasteiger partial charge in [-0.2, -0.15) is 8.78 Å². The number of nitrogens with zero attached hydrogens (tertiary/aromatic N) is 1. The quantitative estimate of drug-likeness (QED) is 0.851. The van der Waals surface area contributed by atoms with Crippen LogP contribution >= 0.6 is 27.3 Å². The molecule has 0 atom stereocenters. The van der Waals surface area contributed by atoms with E-state index in [9.17, 15) is 17.2 Å². The van der Waals surface area contributed by atoms with Crippen LogP contribution in [0.25, 0.3) is 10.2 Å². The molecule has 0 radical (unpaired) electrons. The van der Waals surface area contributed by atoms with Gasteiger partial charge in [0.25, 0.3) is 0 Å². The molecule has 86 valence electrons. The van der Waals surface area contributed by atoms with Gasteiger partial charge in [0.15, 0.2) is 3.92 Å². The molecule has 0 aliphatic carbocycles. The number of halogens is 3.